The van der Waals surface area contributed by atoms with Crippen molar-refractivity contribution in [3.63, 3.8) is 0 Å². The molecule has 3 nitrogen and oxygen atoms in total. The SMILES string of the molecule is Cc1ccc(Sc2nc(C3CC3)nc(N)c2C)cc1C. The number of aryl methyl sites for hydroxylation is 2. The molecule has 0 unspecified atom stereocenters. The molecule has 0 spiro atoms. The van der Waals surface area contributed by atoms with Crippen molar-refractivity contribution in [3.05, 3.63) is 40.7 Å². The van der Waals surface area contributed by atoms with Crippen LogP contribution in [-0.2, 0) is 0 Å². The minimum absolute atomic E-state index is 0.525. The Morgan fingerprint density at radius 1 is 1.10 bits per heavy atom. The van der Waals surface area contributed by atoms with Crippen molar-refractivity contribution in [1.29, 1.82) is 0 Å². The summed E-state index contributed by atoms with van der Waals surface area (Å²) < 4.78 is 0. The van der Waals surface area contributed by atoms with Crippen molar-refractivity contribution >= 4 is 17.6 Å². The minimum Gasteiger partial charge on any atom is -0.383 e. The molecule has 1 aliphatic rings. The van der Waals surface area contributed by atoms with E-state index in [0.717, 1.165) is 16.4 Å². The Hall–Kier alpha value is -1.55. The molecule has 1 aliphatic carbocycles. The number of nitrogens with two attached hydrogens (primary N) is 1. The Kier molecular flexibility index (Phi) is 3.42. The Morgan fingerprint density at radius 3 is 2.50 bits per heavy atom. The van der Waals surface area contributed by atoms with Crippen LogP contribution in [-0.4, -0.2) is 9.97 Å². The van der Waals surface area contributed by atoms with Crippen molar-refractivity contribution in [1.82, 2.24) is 9.97 Å². The van der Waals surface area contributed by atoms with Crippen LogP contribution in [0.5, 0.6) is 0 Å². The maximum absolute atomic E-state index is 6.03. The van der Waals surface area contributed by atoms with Gasteiger partial charge in [0.05, 0.1) is 0 Å². The van der Waals surface area contributed by atoms with Gasteiger partial charge in [-0.3, -0.25) is 0 Å². The van der Waals surface area contributed by atoms with E-state index < -0.39 is 0 Å². The van der Waals surface area contributed by atoms with Crippen molar-refractivity contribution in [3.8, 4) is 0 Å². The van der Waals surface area contributed by atoms with Gasteiger partial charge in [0.2, 0.25) is 0 Å². The van der Waals surface area contributed by atoms with E-state index in [4.69, 9.17) is 10.7 Å². The first-order chi connectivity index (χ1) is 9.54. The Bertz CT molecular complexity index is 663. The van der Waals surface area contributed by atoms with Gasteiger partial charge >= 0.3 is 0 Å². The van der Waals surface area contributed by atoms with Crippen LogP contribution in [0.4, 0.5) is 5.82 Å². The van der Waals surface area contributed by atoms with Gasteiger partial charge in [0, 0.05) is 16.4 Å². The monoisotopic (exact) mass is 285 g/mol. The van der Waals surface area contributed by atoms with E-state index in [1.54, 1.807) is 11.8 Å². The van der Waals surface area contributed by atoms with E-state index in [0.29, 0.717) is 11.7 Å². The van der Waals surface area contributed by atoms with Crippen LogP contribution in [0.3, 0.4) is 0 Å². The van der Waals surface area contributed by atoms with Gasteiger partial charge in [-0.15, -0.1) is 0 Å². The van der Waals surface area contributed by atoms with Crippen LogP contribution in [0.25, 0.3) is 0 Å². The molecule has 1 fully saturated rings. The fourth-order valence-corrected chi connectivity index (χ4v) is 3.03. The van der Waals surface area contributed by atoms with E-state index in [1.165, 1.54) is 28.9 Å². The summed E-state index contributed by atoms with van der Waals surface area (Å²) >= 11 is 1.68. The van der Waals surface area contributed by atoms with Crippen molar-refractivity contribution in [2.75, 3.05) is 5.73 Å². The topological polar surface area (TPSA) is 51.8 Å². The predicted octanol–water partition coefficient (Wildman–Crippen LogP) is 4.01. The summed E-state index contributed by atoms with van der Waals surface area (Å²) in [5.74, 6) is 2.06. The smallest absolute Gasteiger partial charge is 0.135 e. The van der Waals surface area contributed by atoms with Crippen LogP contribution < -0.4 is 5.73 Å². The van der Waals surface area contributed by atoms with E-state index in [1.807, 2.05) is 6.92 Å². The molecule has 0 aliphatic heterocycles. The molecule has 3 rings (SSSR count). The summed E-state index contributed by atoms with van der Waals surface area (Å²) in [4.78, 5) is 10.3. The number of nitrogen functional groups attached to an aromatic ring is 1. The zero-order chi connectivity index (χ0) is 14.3. The third-order valence-electron chi connectivity index (χ3n) is 3.79. The fourth-order valence-electron chi connectivity index (χ4n) is 2.04. The quantitative estimate of drug-likeness (QED) is 0.866. The zero-order valence-electron chi connectivity index (χ0n) is 12.1. The number of hydrogen-bond donors (Lipinski definition) is 1. The van der Waals surface area contributed by atoms with Crippen molar-refractivity contribution in [2.24, 2.45) is 0 Å². The molecule has 2 N–H and O–H groups in total. The average Bonchev–Trinajstić information content (AvgIpc) is 3.23. The number of hydrogen-bond acceptors (Lipinski definition) is 4. The molecular formula is C16H19N3S. The molecule has 104 valence electrons. The molecule has 4 heteroatoms. The van der Waals surface area contributed by atoms with Crippen LogP contribution >= 0.6 is 11.8 Å². The summed E-state index contributed by atoms with van der Waals surface area (Å²) in [5, 5.41) is 0.989. The highest BCUT2D eigenvalue weighted by Gasteiger charge is 2.28. The normalized spacial score (nSPS) is 14.6. The van der Waals surface area contributed by atoms with E-state index >= 15 is 0 Å². The number of nitrogens with zero attached hydrogens (tertiary/aromatic N) is 2. The number of benzene rings is 1. The molecule has 0 amide bonds. The van der Waals surface area contributed by atoms with Crippen LogP contribution in [0.2, 0.25) is 0 Å². The average molecular weight is 285 g/mol. The summed E-state index contributed by atoms with van der Waals surface area (Å²) in [6.45, 7) is 6.26. The summed E-state index contributed by atoms with van der Waals surface area (Å²) in [6.07, 6.45) is 2.38. The highest BCUT2D eigenvalue weighted by molar-refractivity contribution is 7.99. The van der Waals surface area contributed by atoms with Crippen LogP contribution in [0.15, 0.2) is 28.1 Å². The van der Waals surface area contributed by atoms with E-state index in [-0.39, 0.29) is 0 Å². The lowest BCUT2D eigenvalue weighted by Crippen LogP contribution is -2.03. The van der Waals surface area contributed by atoms with Crippen LogP contribution in [0, 0.1) is 20.8 Å². The lowest BCUT2D eigenvalue weighted by atomic mass is 10.1. The maximum Gasteiger partial charge on any atom is 0.135 e. The van der Waals surface area contributed by atoms with Gasteiger partial charge in [-0.1, -0.05) is 17.8 Å². The summed E-state index contributed by atoms with van der Waals surface area (Å²) in [6, 6.07) is 6.50. The standard InChI is InChI=1S/C16H19N3S/c1-9-4-7-13(8-10(9)2)20-16-11(3)14(17)18-15(19-16)12-5-6-12/h4,7-8,12H,5-6H2,1-3H3,(H2,17,18,19). The van der Waals surface area contributed by atoms with Gasteiger partial charge in [0.1, 0.15) is 16.7 Å². The number of rotatable bonds is 3. The number of aromatic nitrogens is 2. The second-order valence-corrected chi connectivity index (χ2v) is 6.58. The fraction of sp³-hybridized carbons (Fsp3) is 0.375. The van der Waals surface area contributed by atoms with Gasteiger partial charge < -0.3 is 5.73 Å². The van der Waals surface area contributed by atoms with Gasteiger partial charge in [0.25, 0.3) is 0 Å². The lowest BCUT2D eigenvalue weighted by Gasteiger charge is -2.10. The van der Waals surface area contributed by atoms with E-state index in [2.05, 4.69) is 37.0 Å². The first-order valence-corrected chi connectivity index (χ1v) is 7.75. The second-order valence-electron chi connectivity index (χ2n) is 5.52. The Morgan fingerprint density at radius 2 is 1.85 bits per heavy atom. The van der Waals surface area contributed by atoms with Gasteiger partial charge in [-0.2, -0.15) is 0 Å². The number of anilines is 1. The lowest BCUT2D eigenvalue weighted by molar-refractivity contribution is 0.868. The minimum atomic E-state index is 0.525. The molecule has 1 saturated carbocycles. The molecule has 20 heavy (non-hydrogen) atoms. The van der Waals surface area contributed by atoms with Crippen LogP contribution in [0.1, 0.15) is 41.3 Å². The highest BCUT2D eigenvalue weighted by atomic mass is 32.2. The molecule has 1 aromatic heterocycles. The van der Waals surface area contributed by atoms with Gasteiger partial charge in [0.15, 0.2) is 0 Å². The first kappa shape index (κ1) is 13.4. The largest absolute Gasteiger partial charge is 0.383 e. The Labute approximate surface area is 124 Å². The molecule has 1 heterocycles. The molecule has 1 aromatic carbocycles. The molecule has 0 saturated heterocycles. The third-order valence-corrected chi connectivity index (χ3v) is 4.87. The first-order valence-electron chi connectivity index (χ1n) is 6.93. The summed E-state index contributed by atoms with van der Waals surface area (Å²) in [5.41, 5.74) is 9.63. The zero-order valence-corrected chi connectivity index (χ0v) is 12.9. The van der Waals surface area contributed by atoms with Crippen molar-refractivity contribution in [2.45, 2.75) is 49.5 Å². The third kappa shape index (κ3) is 2.66. The highest BCUT2D eigenvalue weighted by Crippen LogP contribution is 2.40. The molecule has 0 atom stereocenters. The van der Waals surface area contributed by atoms with E-state index in [9.17, 15) is 0 Å². The predicted molar refractivity (Wildman–Crippen MR) is 83.2 cm³/mol. The molecule has 0 bridgehead atoms. The van der Waals surface area contributed by atoms with Crippen molar-refractivity contribution < 1.29 is 0 Å². The maximum atomic E-state index is 6.03. The van der Waals surface area contributed by atoms with Gasteiger partial charge in [-0.05, 0) is 56.9 Å². The summed E-state index contributed by atoms with van der Waals surface area (Å²) in [7, 11) is 0. The Balaban J connectivity index is 1.94. The van der Waals surface area contributed by atoms with Gasteiger partial charge in [-0.25, -0.2) is 9.97 Å². The second kappa shape index (κ2) is 5.09. The molecular weight excluding hydrogens is 266 g/mol. The molecule has 0 radical (unpaired) electrons. The molecule has 2 aromatic rings.